The second-order valence-electron chi connectivity index (χ2n) is 8.82. The smallest absolute Gasteiger partial charge is 0.302 e. The minimum absolute atomic E-state index is 0.297. The zero-order valence-electron chi connectivity index (χ0n) is 17.4. The molecule has 1 aromatic carbocycles. The van der Waals surface area contributed by atoms with Crippen LogP contribution in [0.1, 0.15) is 36.8 Å². The van der Waals surface area contributed by atoms with Crippen molar-refractivity contribution >= 4 is 22.9 Å². The number of fused-ring (bicyclic) bond motifs is 2. The molecule has 1 aliphatic heterocycles. The van der Waals surface area contributed by atoms with Gasteiger partial charge in [-0.25, -0.2) is 4.79 Å². The van der Waals surface area contributed by atoms with Crippen LogP contribution in [0.25, 0.3) is 11.1 Å². The summed E-state index contributed by atoms with van der Waals surface area (Å²) in [5.41, 5.74) is 3.99. The van der Waals surface area contributed by atoms with E-state index < -0.39 is 0 Å². The van der Waals surface area contributed by atoms with Crippen LogP contribution in [-0.2, 0) is 18.4 Å². The van der Waals surface area contributed by atoms with Crippen LogP contribution in [0, 0.1) is 0 Å². The van der Waals surface area contributed by atoms with Gasteiger partial charge in [0, 0.05) is 29.7 Å². The third kappa shape index (κ3) is 4.04. The normalized spacial score (nSPS) is 20.5. The van der Waals surface area contributed by atoms with Gasteiger partial charge in [-0.3, -0.25) is 14.3 Å². The van der Waals surface area contributed by atoms with E-state index in [1.807, 2.05) is 22.9 Å². The van der Waals surface area contributed by atoms with E-state index >= 15 is 0 Å². The number of nitrogens with zero attached hydrogens (tertiary/aromatic N) is 2. The number of likely N-dealkylation sites (tertiary alicyclic amines) is 1. The predicted molar refractivity (Wildman–Crippen MR) is 126 cm³/mol. The molecule has 2 aromatic heterocycles. The molecule has 3 heterocycles. The van der Waals surface area contributed by atoms with Crippen molar-refractivity contribution in [1.29, 1.82) is 0 Å². The molecule has 1 atom stereocenters. The number of rotatable bonds is 6. The number of H-pyrrole nitrogens is 1. The van der Waals surface area contributed by atoms with Crippen LogP contribution in [0.2, 0.25) is 5.02 Å². The summed E-state index contributed by atoms with van der Waals surface area (Å²) >= 11 is 7.73. The fourth-order valence-corrected chi connectivity index (χ4v) is 6.14. The van der Waals surface area contributed by atoms with Gasteiger partial charge in [0.1, 0.15) is 0 Å². The van der Waals surface area contributed by atoms with Crippen molar-refractivity contribution in [2.45, 2.75) is 44.1 Å². The molecule has 0 bridgehead atoms. The Hall–Kier alpha value is -2.15. The van der Waals surface area contributed by atoms with Crippen LogP contribution in [-0.4, -0.2) is 34.1 Å². The van der Waals surface area contributed by atoms with Crippen LogP contribution in [0.5, 0.6) is 0 Å². The molecule has 1 fully saturated rings. The number of aromatic amines is 1. The maximum absolute atomic E-state index is 12.2. The van der Waals surface area contributed by atoms with E-state index in [2.05, 4.69) is 22.0 Å². The quantitative estimate of drug-likeness (QED) is 0.564. The summed E-state index contributed by atoms with van der Waals surface area (Å²) in [5.74, 6) is 0. The largest absolute Gasteiger partial charge is 0.328 e. The molecule has 1 saturated heterocycles. The van der Waals surface area contributed by atoms with E-state index in [0.29, 0.717) is 17.5 Å². The Morgan fingerprint density at radius 3 is 2.84 bits per heavy atom. The molecule has 1 spiro atoms. The Labute approximate surface area is 190 Å². The summed E-state index contributed by atoms with van der Waals surface area (Å²) in [6.45, 7) is 3.90. The van der Waals surface area contributed by atoms with Gasteiger partial charge >= 0.3 is 5.69 Å². The van der Waals surface area contributed by atoms with Gasteiger partial charge in [0.2, 0.25) is 0 Å². The van der Waals surface area contributed by atoms with Gasteiger partial charge in [0.25, 0.3) is 5.56 Å². The molecule has 3 aromatic rings. The lowest BCUT2D eigenvalue weighted by molar-refractivity contribution is 0.299. The van der Waals surface area contributed by atoms with Crippen molar-refractivity contribution in [3.8, 4) is 11.1 Å². The highest BCUT2D eigenvalue weighted by atomic mass is 35.5. The van der Waals surface area contributed by atoms with Crippen LogP contribution < -0.4 is 11.2 Å². The first-order valence-electron chi connectivity index (χ1n) is 10.9. The molecular weight excluding hydrogens is 430 g/mol. The number of aromatic nitrogens is 2. The molecule has 162 valence electrons. The van der Waals surface area contributed by atoms with Gasteiger partial charge in [-0.1, -0.05) is 17.7 Å². The molecule has 1 aliphatic carbocycles. The highest BCUT2D eigenvalue weighted by Gasteiger charge is 2.43. The van der Waals surface area contributed by atoms with E-state index in [4.69, 9.17) is 11.6 Å². The summed E-state index contributed by atoms with van der Waals surface area (Å²) in [7, 11) is 0. The lowest BCUT2D eigenvalue weighted by atomic mass is 9.81. The summed E-state index contributed by atoms with van der Waals surface area (Å²) in [5, 5.41) is 4.70. The standard InChI is InChI=1S/C24H26ClN3O2S/c25-19-3-4-21-17(13-19)5-7-24(21)8-11-27(16-24)9-1-2-10-28-14-20(18-6-12-31-15-18)22(29)26-23(28)30/h3-4,6,12-15H,1-2,5,7-11,16H2,(H,26,29,30). The number of unbranched alkanes of at least 4 members (excludes halogenated alkanes) is 1. The number of thiophene rings is 1. The van der Waals surface area contributed by atoms with E-state index in [0.717, 1.165) is 49.5 Å². The van der Waals surface area contributed by atoms with E-state index in [1.165, 1.54) is 24.0 Å². The van der Waals surface area contributed by atoms with Gasteiger partial charge in [-0.05, 0) is 90.8 Å². The first-order valence-corrected chi connectivity index (χ1v) is 12.2. The average molecular weight is 456 g/mol. The Bertz CT molecular complexity index is 1200. The molecule has 5 nitrogen and oxygen atoms in total. The summed E-state index contributed by atoms with van der Waals surface area (Å²) in [4.78, 5) is 29.4. The van der Waals surface area contributed by atoms with Crippen molar-refractivity contribution in [3.63, 3.8) is 0 Å². The molecule has 7 heteroatoms. The molecule has 1 unspecified atom stereocenters. The number of hydrogen-bond donors (Lipinski definition) is 1. The van der Waals surface area contributed by atoms with Crippen molar-refractivity contribution in [2.75, 3.05) is 19.6 Å². The second-order valence-corrected chi connectivity index (χ2v) is 10.0. The molecule has 0 amide bonds. The van der Waals surface area contributed by atoms with Crippen molar-refractivity contribution in [3.05, 3.63) is 78.2 Å². The third-order valence-corrected chi connectivity index (χ3v) is 7.83. The van der Waals surface area contributed by atoms with E-state index in [-0.39, 0.29) is 11.2 Å². The molecular formula is C24H26ClN3O2S. The van der Waals surface area contributed by atoms with Crippen LogP contribution in [0.4, 0.5) is 0 Å². The highest BCUT2D eigenvalue weighted by molar-refractivity contribution is 7.08. The van der Waals surface area contributed by atoms with Gasteiger partial charge in [-0.2, -0.15) is 11.3 Å². The number of halogens is 1. The Morgan fingerprint density at radius 2 is 2.00 bits per heavy atom. The van der Waals surface area contributed by atoms with Crippen molar-refractivity contribution in [1.82, 2.24) is 14.5 Å². The summed E-state index contributed by atoms with van der Waals surface area (Å²) in [6.07, 6.45) is 7.20. The van der Waals surface area contributed by atoms with Gasteiger partial charge in [-0.15, -0.1) is 0 Å². The Kier molecular flexibility index (Phi) is 5.63. The maximum Gasteiger partial charge on any atom is 0.328 e. The van der Waals surface area contributed by atoms with Crippen molar-refractivity contribution in [2.24, 2.45) is 0 Å². The highest BCUT2D eigenvalue weighted by Crippen LogP contribution is 2.46. The first kappa shape index (κ1) is 20.7. The van der Waals surface area contributed by atoms with E-state index in [1.54, 1.807) is 22.1 Å². The molecule has 0 saturated carbocycles. The van der Waals surface area contributed by atoms with E-state index in [9.17, 15) is 9.59 Å². The molecule has 0 radical (unpaired) electrons. The number of nitrogens with one attached hydrogen (secondary N) is 1. The first-order chi connectivity index (χ1) is 15.0. The predicted octanol–water partition coefficient (Wildman–Crippen LogP) is 4.29. The number of aryl methyl sites for hydroxylation is 2. The fraction of sp³-hybridized carbons (Fsp3) is 0.417. The Balaban J connectivity index is 1.18. The fourth-order valence-electron chi connectivity index (χ4n) is 5.28. The average Bonchev–Trinajstić information content (AvgIpc) is 3.49. The SMILES string of the molecule is O=c1[nH]c(=O)n(CCCCN2CCC3(CCc4cc(Cl)ccc43)C2)cc1-c1ccsc1. The molecule has 1 N–H and O–H groups in total. The molecule has 31 heavy (non-hydrogen) atoms. The number of hydrogen-bond acceptors (Lipinski definition) is 4. The zero-order valence-corrected chi connectivity index (χ0v) is 19.0. The van der Waals surface area contributed by atoms with Crippen LogP contribution in [0.3, 0.4) is 0 Å². The second kappa shape index (κ2) is 8.41. The minimum Gasteiger partial charge on any atom is -0.302 e. The Morgan fingerprint density at radius 1 is 1.13 bits per heavy atom. The summed E-state index contributed by atoms with van der Waals surface area (Å²) < 4.78 is 1.64. The summed E-state index contributed by atoms with van der Waals surface area (Å²) in [6, 6.07) is 8.31. The zero-order chi connectivity index (χ0) is 21.4. The third-order valence-electron chi connectivity index (χ3n) is 6.91. The van der Waals surface area contributed by atoms with Gasteiger partial charge in [0.05, 0.1) is 5.56 Å². The minimum atomic E-state index is -0.328. The maximum atomic E-state index is 12.2. The van der Waals surface area contributed by atoms with Crippen LogP contribution in [0.15, 0.2) is 50.8 Å². The number of benzene rings is 1. The van der Waals surface area contributed by atoms with Gasteiger partial charge in [0.15, 0.2) is 0 Å². The molecule has 2 aliphatic rings. The lowest BCUT2D eigenvalue weighted by Gasteiger charge is -2.25. The van der Waals surface area contributed by atoms with Gasteiger partial charge < -0.3 is 4.90 Å². The topological polar surface area (TPSA) is 58.1 Å². The lowest BCUT2D eigenvalue weighted by Crippen LogP contribution is -2.31. The molecule has 5 rings (SSSR count). The monoisotopic (exact) mass is 455 g/mol. The van der Waals surface area contributed by atoms with Crippen LogP contribution >= 0.6 is 22.9 Å². The van der Waals surface area contributed by atoms with Crippen molar-refractivity contribution < 1.29 is 0 Å².